The molecular weight excluding hydrogens is 268 g/mol. The molecule has 1 rings (SSSR count). The molecule has 0 bridgehead atoms. The predicted octanol–water partition coefficient (Wildman–Crippen LogP) is 3.78. The van der Waals surface area contributed by atoms with Gasteiger partial charge in [-0.05, 0) is 20.4 Å². The Hall–Kier alpha value is -0.450. The van der Waals surface area contributed by atoms with E-state index in [1.54, 1.807) is 11.3 Å². The predicted molar refractivity (Wildman–Crippen MR) is 87.7 cm³/mol. The number of hydrogen-bond acceptors (Lipinski definition) is 4. The number of hydrogen-bond donors (Lipinski definition) is 1. The van der Waals surface area contributed by atoms with Gasteiger partial charge in [-0.25, -0.2) is 4.98 Å². The van der Waals surface area contributed by atoms with Crippen molar-refractivity contribution in [3.8, 4) is 0 Å². The molecule has 0 fully saturated rings. The van der Waals surface area contributed by atoms with Crippen LogP contribution in [0.3, 0.4) is 0 Å². The van der Waals surface area contributed by atoms with Crippen LogP contribution in [0.4, 0.5) is 0 Å². The zero-order valence-corrected chi connectivity index (χ0v) is 14.6. The zero-order chi connectivity index (χ0) is 15.2. The monoisotopic (exact) mass is 298 g/mol. The van der Waals surface area contributed by atoms with Gasteiger partial charge in [0.15, 0.2) is 0 Å². The summed E-state index contributed by atoms with van der Waals surface area (Å²) in [6, 6.07) is 0.342. The summed E-state index contributed by atoms with van der Waals surface area (Å²) in [5.41, 5.74) is 1.32. The highest BCUT2D eigenvalue weighted by Gasteiger charge is 2.23. The first kappa shape index (κ1) is 17.6. The van der Waals surface area contributed by atoms with Crippen molar-refractivity contribution in [1.82, 2.24) is 10.3 Å². The summed E-state index contributed by atoms with van der Waals surface area (Å²) in [6.07, 6.45) is 3.46. The number of ether oxygens (including phenoxy) is 1. The Morgan fingerprint density at radius 1 is 1.35 bits per heavy atom. The molecular formula is C16H30N2OS. The van der Waals surface area contributed by atoms with Crippen molar-refractivity contribution >= 4 is 11.3 Å². The van der Waals surface area contributed by atoms with E-state index in [1.807, 2.05) is 7.05 Å². The molecule has 20 heavy (non-hydrogen) atoms. The fourth-order valence-corrected chi connectivity index (χ4v) is 3.34. The van der Waals surface area contributed by atoms with E-state index >= 15 is 0 Å². The molecule has 3 nitrogen and oxygen atoms in total. The molecule has 1 aromatic rings. The third-order valence-electron chi connectivity index (χ3n) is 3.49. The van der Waals surface area contributed by atoms with Gasteiger partial charge < -0.3 is 10.1 Å². The Morgan fingerprint density at radius 2 is 2.05 bits per heavy atom. The Kier molecular flexibility index (Phi) is 7.13. The maximum Gasteiger partial charge on any atom is 0.0945 e. The smallest absolute Gasteiger partial charge is 0.0945 e. The molecule has 0 spiro atoms. The number of nitrogens with one attached hydrogen (secondary N) is 1. The maximum atomic E-state index is 5.90. The van der Waals surface area contributed by atoms with Crippen molar-refractivity contribution in [3.63, 3.8) is 0 Å². The van der Waals surface area contributed by atoms with Crippen LogP contribution in [-0.4, -0.2) is 30.8 Å². The Bertz CT molecular complexity index is 378. The molecule has 0 radical (unpaired) electrons. The lowest BCUT2D eigenvalue weighted by molar-refractivity contribution is 0.0300. The van der Waals surface area contributed by atoms with Gasteiger partial charge in [0.05, 0.1) is 16.8 Å². The fourth-order valence-electron chi connectivity index (χ4n) is 2.26. The third-order valence-corrected chi connectivity index (χ3v) is 4.36. The molecule has 116 valence electrons. The van der Waals surface area contributed by atoms with E-state index in [1.165, 1.54) is 10.7 Å². The van der Waals surface area contributed by atoms with Crippen LogP contribution in [0.25, 0.3) is 0 Å². The first-order chi connectivity index (χ1) is 9.42. The van der Waals surface area contributed by atoms with Crippen LogP contribution in [0.1, 0.15) is 58.2 Å². The molecule has 0 aliphatic heterocycles. The quantitative estimate of drug-likeness (QED) is 0.793. The van der Waals surface area contributed by atoms with Crippen LogP contribution >= 0.6 is 11.3 Å². The minimum Gasteiger partial charge on any atom is -0.377 e. The van der Waals surface area contributed by atoms with E-state index in [2.05, 4.69) is 45.3 Å². The number of rotatable bonds is 8. The fraction of sp³-hybridized carbons (Fsp3) is 0.812. The summed E-state index contributed by atoms with van der Waals surface area (Å²) in [6.45, 7) is 11.7. The van der Waals surface area contributed by atoms with Crippen LogP contribution in [-0.2, 0) is 16.6 Å². The first-order valence-corrected chi connectivity index (χ1v) is 8.54. The molecule has 0 saturated carbocycles. The largest absolute Gasteiger partial charge is 0.377 e. The highest BCUT2D eigenvalue weighted by Crippen LogP contribution is 2.25. The van der Waals surface area contributed by atoms with Gasteiger partial charge in [-0.15, -0.1) is 11.3 Å². The highest BCUT2D eigenvalue weighted by atomic mass is 32.1. The minimum absolute atomic E-state index is 0.132. The molecule has 4 heteroatoms. The second-order valence-corrected chi connectivity index (χ2v) is 7.20. The van der Waals surface area contributed by atoms with Crippen molar-refractivity contribution in [2.45, 2.75) is 71.4 Å². The van der Waals surface area contributed by atoms with Gasteiger partial charge in [-0.2, -0.15) is 0 Å². The van der Waals surface area contributed by atoms with Gasteiger partial charge in [0.25, 0.3) is 0 Å². The number of aromatic nitrogens is 1. The normalized spacial score (nSPS) is 15.3. The van der Waals surface area contributed by atoms with Crippen LogP contribution in [0.2, 0.25) is 0 Å². The SMILES string of the molecule is CCCC(OCC)C(Cc1nc(C(C)(C)C)cs1)NC. The average molecular weight is 298 g/mol. The summed E-state index contributed by atoms with van der Waals surface area (Å²) < 4.78 is 5.90. The highest BCUT2D eigenvalue weighted by molar-refractivity contribution is 7.09. The molecule has 2 atom stereocenters. The standard InChI is InChI=1S/C16H30N2OS/c1-7-9-13(19-8-2)12(17-6)10-15-18-14(11-20-15)16(3,4)5/h11-13,17H,7-10H2,1-6H3. The summed E-state index contributed by atoms with van der Waals surface area (Å²) in [7, 11) is 2.02. The molecule has 0 saturated heterocycles. The Balaban J connectivity index is 2.74. The molecule has 1 aromatic heterocycles. The molecule has 0 amide bonds. The molecule has 1 heterocycles. The molecule has 0 aliphatic carbocycles. The van der Waals surface area contributed by atoms with Crippen molar-refractivity contribution in [2.75, 3.05) is 13.7 Å². The zero-order valence-electron chi connectivity index (χ0n) is 13.8. The van der Waals surface area contributed by atoms with E-state index in [9.17, 15) is 0 Å². The van der Waals surface area contributed by atoms with Gasteiger partial charge in [-0.1, -0.05) is 34.1 Å². The van der Waals surface area contributed by atoms with Crippen molar-refractivity contribution in [3.05, 3.63) is 16.1 Å². The van der Waals surface area contributed by atoms with E-state index in [4.69, 9.17) is 9.72 Å². The summed E-state index contributed by atoms with van der Waals surface area (Å²) >= 11 is 1.77. The Labute approximate surface area is 128 Å². The second-order valence-electron chi connectivity index (χ2n) is 6.26. The number of thiazole rings is 1. The third kappa shape index (κ3) is 5.15. The van der Waals surface area contributed by atoms with Gasteiger partial charge >= 0.3 is 0 Å². The molecule has 2 unspecified atom stereocenters. The van der Waals surface area contributed by atoms with Crippen molar-refractivity contribution < 1.29 is 4.74 Å². The minimum atomic E-state index is 0.132. The Morgan fingerprint density at radius 3 is 2.50 bits per heavy atom. The number of nitrogens with zero attached hydrogens (tertiary/aromatic N) is 1. The summed E-state index contributed by atoms with van der Waals surface area (Å²) in [5, 5.41) is 6.81. The molecule has 0 aromatic carbocycles. The van der Waals surface area contributed by atoms with Gasteiger partial charge in [0, 0.05) is 29.9 Å². The van der Waals surface area contributed by atoms with Crippen LogP contribution in [0.5, 0.6) is 0 Å². The van der Waals surface area contributed by atoms with Crippen molar-refractivity contribution in [2.24, 2.45) is 0 Å². The van der Waals surface area contributed by atoms with Gasteiger partial charge in [0.2, 0.25) is 0 Å². The summed E-state index contributed by atoms with van der Waals surface area (Å²) in [5.74, 6) is 0. The first-order valence-electron chi connectivity index (χ1n) is 7.66. The lowest BCUT2D eigenvalue weighted by Gasteiger charge is -2.26. The maximum absolute atomic E-state index is 5.90. The van der Waals surface area contributed by atoms with E-state index < -0.39 is 0 Å². The van der Waals surface area contributed by atoms with Crippen LogP contribution in [0.15, 0.2) is 5.38 Å². The van der Waals surface area contributed by atoms with Crippen LogP contribution in [0, 0.1) is 0 Å². The van der Waals surface area contributed by atoms with E-state index in [0.29, 0.717) is 6.04 Å². The molecule has 1 N–H and O–H groups in total. The topological polar surface area (TPSA) is 34.1 Å². The number of likely N-dealkylation sites (N-methyl/N-ethyl adjacent to an activating group) is 1. The average Bonchev–Trinajstić information content (AvgIpc) is 2.84. The van der Waals surface area contributed by atoms with Gasteiger partial charge in [0.1, 0.15) is 0 Å². The van der Waals surface area contributed by atoms with Gasteiger partial charge in [-0.3, -0.25) is 0 Å². The lowest BCUT2D eigenvalue weighted by atomic mass is 9.93. The van der Waals surface area contributed by atoms with Crippen LogP contribution < -0.4 is 5.32 Å². The molecule has 0 aliphatic rings. The van der Waals surface area contributed by atoms with Crippen molar-refractivity contribution in [1.29, 1.82) is 0 Å². The second kappa shape index (κ2) is 8.11. The lowest BCUT2D eigenvalue weighted by Crippen LogP contribution is -2.41. The van der Waals surface area contributed by atoms with E-state index in [0.717, 1.165) is 25.9 Å². The van der Waals surface area contributed by atoms with E-state index in [-0.39, 0.29) is 11.5 Å². The summed E-state index contributed by atoms with van der Waals surface area (Å²) in [4.78, 5) is 4.79.